The smallest absolute Gasteiger partial charge is 0.226 e. The number of hydrogen-bond acceptors (Lipinski definition) is 2. The zero-order valence-corrected chi connectivity index (χ0v) is 11.2. The van der Waals surface area contributed by atoms with Gasteiger partial charge in [-0.1, -0.05) is 29.8 Å². The van der Waals surface area contributed by atoms with Gasteiger partial charge in [-0.25, -0.2) is 0 Å². The second-order valence-electron chi connectivity index (χ2n) is 5.03. The van der Waals surface area contributed by atoms with Gasteiger partial charge >= 0.3 is 0 Å². The molecule has 0 atom stereocenters. The molecule has 4 heteroatoms. The highest BCUT2D eigenvalue weighted by molar-refractivity contribution is 6.31. The van der Waals surface area contributed by atoms with Crippen LogP contribution in [0.4, 0.5) is 0 Å². The van der Waals surface area contributed by atoms with Crippen molar-refractivity contribution in [3.63, 3.8) is 0 Å². The maximum atomic E-state index is 12.0. The van der Waals surface area contributed by atoms with Gasteiger partial charge in [0.05, 0.1) is 12.5 Å². The van der Waals surface area contributed by atoms with E-state index in [9.17, 15) is 9.90 Å². The molecule has 3 nitrogen and oxygen atoms in total. The van der Waals surface area contributed by atoms with E-state index >= 15 is 0 Å². The minimum atomic E-state index is -0.165. The molecule has 1 aliphatic carbocycles. The van der Waals surface area contributed by atoms with Gasteiger partial charge in [-0.3, -0.25) is 4.79 Å². The van der Waals surface area contributed by atoms with Crippen LogP contribution in [0.5, 0.6) is 0 Å². The summed E-state index contributed by atoms with van der Waals surface area (Å²) in [6.45, 7) is 0.723. The molecule has 98 valence electrons. The van der Waals surface area contributed by atoms with E-state index in [1.54, 1.807) is 11.0 Å². The number of rotatable bonds is 4. The number of aliphatic hydroxyl groups excluding tert-OH is 1. The van der Waals surface area contributed by atoms with Gasteiger partial charge in [0, 0.05) is 18.6 Å². The fraction of sp³-hybridized carbons (Fsp3) is 0.500. The van der Waals surface area contributed by atoms with Gasteiger partial charge in [0.1, 0.15) is 0 Å². The Kier molecular flexibility index (Phi) is 4.25. The standard InChI is InChI=1S/C14H18ClNO2/c1-16(9-10-6-12(17)7-10)14(18)8-11-4-2-3-5-13(11)15/h2-5,10,12,17H,6-9H2,1H3. The number of likely N-dealkylation sites (N-methyl/N-ethyl adjacent to an activating group) is 1. The molecule has 0 bridgehead atoms. The maximum absolute atomic E-state index is 12.0. The third kappa shape index (κ3) is 3.24. The molecule has 1 aromatic rings. The number of benzene rings is 1. The lowest BCUT2D eigenvalue weighted by Gasteiger charge is -2.34. The Morgan fingerprint density at radius 3 is 2.72 bits per heavy atom. The summed E-state index contributed by atoms with van der Waals surface area (Å²) in [5.41, 5.74) is 0.865. The second kappa shape index (κ2) is 5.72. The van der Waals surface area contributed by atoms with E-state index in [0.717, 1.165) is 24.9 Å². The molecular weight excluding hydrogens is 250 g/mol. The van der Waals surface area contributed by atoms with Crippen LogP contribution in [-0.4, -0.2) is 35.6 Å². The molecule has 2 rings (SSSR count). The van der Waals surface area contributed by atoms with E-state index < -0.39 is 0 Å². The normalized spacial score (nSPS) is 22.4. The first-order valence-electron chi connectivity index (χ1n) is 6.21. The number of amides is 1. The van der Waals surface area contributed by atoms with Crippen molar-refractivity contribution >= 4 is 17.5 Å². The highest BCUT2D eigenvalue weighted by Gasteiger charge is 2.29. The van der Waals surface area contributed by atoms with E-state index in [-0.39, 0.29) is 12.0 Å². The first-order valence-corrected chi connectivity index (χ1v) is 6.59. The lowest BCUT2D eigenvalue weighted by Crippen LogP contribution is -2.40. The molecule has 1 saturated carbocycles. The summed E-state index contributed by atoms with van der Waals surface area (Å²) in [6, 6.07) is 7.42. The first-order chi connectivity index (χ1) is 8.56. The summed E-state index contributed by atoms with van der Waals surface area (Å²) in [5.74, 6) is 0.518. The topological polar surface area (TPSA) is 40.5 Å². The van der Waals surface area contributed by atoms with Crippen LogP contribution in [0.3, 0.4) is 0 Å². The molecule has 1 N–H and O–H groups in total. The Morgan fingerprint density at radius 2 is 2.11 bits per heavy atom. The predicted molar refractivity (Wildman–Crippen MR) is 71.5 cm³/mol. The van der Waals surface area contributed by atoms with Crippen LogP contribution in [0.15, 0.2) is 24.3 Å². The summed E-state index contributed by atoms with van der Waals surface area (Å²) < 4.78 is 0. The summed E-state index contributed by atoms with van der Waals surface area (Å²) in [6.07, 6.45) is 1.79. The van der Waals surface area contributed by atoms with Crippen LogP contribution in [0.25, 0.3) is 0 Å². The van der Waals surface area contributed by atoms with Gasteiger partial charge in [-0.2, -0.15) is 0 Å². The quantitative estimate of drug-likeness (QED) is 0.908. The predicted octanol–water partition coefficient (Wildman–Crippen LogP) is 2.11. The Labute approximate surface area is 112 Å². The highest BCUT2D eigenvalue weighted by Crippen LogP contribution is 2.27. The van der Waals surface area contributed by atoms with Gasteiger partial charge in [0.25, 0.3) is 0 Å². The summed E-state index contributed by atoms with van der Waals surface area (Å²) in [4.78, 5) is 13.8. The lowest BCUT2D eigenvalue weighted by atomic mass is 9.82. The molecule has 1 aliphatic rings. The number of hydrogen-bond donors (Lipinski definition) is 1. The molecule has 18 heavy (non-hydrogen) atoms. The minimum absolute atomic E-state index is 0.0736. The molecule has 0 saturated heterocycles. The number of carbonyl (C=O) groups excluding carboxylic acids is 1. The van der Waals surface area contributed by atoms with Crippen LogP contribution in [-0.2, 0) is 11.2 Å². The number of nitrogens with zero attached hydrogens (tertiary/aromatic N) is 1. The van der Waals surface area contributed by atoms with Crippen molar-refractivity contribution in [1.29, 1.82) is 0 Å². The Morgan fingerprint density at radius 1 is 1.44 bits per heavy atom. The average Bonchev–Trinajstić information content (AvgIpc) is 2.30. The Hall–Kier alpha value is -1.06. The highest BCUT2D eigenvalue weighted by atomic mass is 35.5. The van der Waals surface area contributed by atoms with Crippen LogP contribution < -0.4 is 0 Å². The second-order valence-corrected chi connectivity index (χ2v) is 5.44. The van der Waals surface area contributed by atoms with Crippen molar-refractivity contribution in [3.05, 3.63) is 34.9 Å². The molecule has 0 aromatic heterocycles. The van der Waals surface area contributed by atoms with Crippen molar-refractivity contribution < 1.29 is 9.90 Å². The van der Waals surface area contributed by atoms with Crippen LogP contribution >= 0.6 is 11.6 Å². The maximum Gasteiger partial charge on any atom is 0.226 e. The Balaban J connectivity index is 1.86. The van der Waals surface area contributed by atoms with Gasteiger partial charge in [0.15, 0.2) is 0 Å². The third-order valence-electron chi connectivity index (χ3n) is 3.47. The monoisotopic (exact) mass is 267 g/mol. The fourth-order valence-electron chi connectivity index (χ4n) is 2.28. The largest absolute Gasteiger partial charge is 0.393 e. The summed E-state index contributed by atoms with van der Waals surface area (Å²) in [7, 11) is 1.81. The molecule has 0 aliphatic heterocycles. The first kappa shape index (κ1) is 13.4. The van der Waals surface area contributed by atoms with Crippen LogP contribution in [0.1, 0.15) is 18.4 Å². The van der Waals surface area contributed by atoms with Crippen molar-refractivity contribution in [3.8, 4) is 0 Å². The average molecular weight is 268 g/mol. The minimum Gasteiger partial charge on any atom is -0.393 e. The van der Waals surface area contributed by atoms with Crippen LogP contribution in [0.2, 0.25) is 5.02 Å². The van der Waals surface area contributed by atoms with Crippen molar-refractivity contribution in [2.24, 2.45) is 5.92 Å². The van der Waals surface area contributed by atoms with Crippen molar-refractivity contribution in [2.45, 2.75) is 25.4 Å². The molecule has 1 amide bonds. The van der Waals surface area contributed by atoms with Gasteiger partial charge in [-0.05, 0) is 30.4 Å². The van der Waals surface area contributed by atoms with Crippen LogP contribution in [0, 0.1) is 5.92 Å². The van der Waals surface area contributed by atoms with Gasteiger partial charge in [0.2, 0.25) is 5.91 Å². The molecule has 0 heterocycles. The van der Waals surface area contributed by atoms with E-state index in [1.807, 2.05) is 25.2 Å². The van der Waals surface area contributed by atoms with E-state index in [1.165, 1.54) is 0 Å². The number of carbonyl (C=O) groups is 1. The van der Waals surface area contributed by atoms with E-state index in [0.29, 0.717) is 17.4 Å². The SMILES string of the molecule is CN(CC1CC(O)C1)C(=O)Cc1ccccc1Cl. The number of halogens is 1. The molecule has 1 fully saturated rings. The third-order valence-corrected chi connectivity index (χ3v) is 3.84. The number of aliphatic hydroxyl groups is 1. The van der Waals surface area contributed by atoms with Crippen molar-refractivity contribution in [2.75, 3.05) is 13.6 Å². The zero-order valence-electron chi connectivity index (χ0n) is 10.5. The van der Waals surface area contributed by atoms with E-state index in [2.05, 4.69) is 0 Å². The van der Waals surface area contributed by atoms with Gasteiger partial charge in [-0.15, -0.1) is 0 Å². The Bertz CT molecular complexity index is 430. The lowest BCUT2D eigenvalue weighted by molar-refractivity contribution is -0.130. The summed E-state index contributed by atoms with van der Waals surface area (Å²) >= 11 is 6.03. The molecule has 0 spiro atoms. The van der Waals surface area contributed by atoms with Gasteiger partial charge < -0.3 is 10.0 Å². The van der Waals surface area contributed by atoms with Crippen molar-refractivity contribution in [1.82, 2.24) is 4.90 Å². The summed E-state index contributed by atoms with van der Waals surface area (Å²) in [5, 5.41) is 9.86. The molecular formula is C14H18ClNO2. The van der Waals surface area contributed by atoms with E-state index in [4.69, 9.17) is 11.6 Å². The zero-order chi connectivity index (χ0) is 13.1. The molecule has 0 unspecified atom stereocenters. The fourth-order valence-corrected chi connectivity index (χ4v) is 2.48. The molecule has 1 aromatic carbocycles. The molecule has 0 radical (unpaired) electrons.